The van der Waals surface area contributed by atoms with Crippen LogP contribution >= 0.6 is 11.8 Å². The lowest BCUT2D eigenvalue weighted by molar-refractivity contribution is -0.154. The quantitative estimate of drug-likeness (QED) is 0.0170. The number of unbranched alkanes of at least 4 members (excludes halogenated alkanes) is 1. The number of fused-ring (bicyclic) bond motifs is 1. The summed E-state index contributed by atoms with van der Waals surface area (Å²) in [6.07, 6.45) is 3.80. The van der Waals surface area contributed by atoms with E-state index in [0.29, 0.717) is 75.7 Å². The minimum absolute atomic E-state index is 0.0132. The van der Waals surface area contributed by atoms with E-state index in [0.717, 1.165) is 25.0 Å². The molecule has 19 heteroatoms. The molecule has 0 saturated carbocycles. The first-order chi connectivity index (χ1) is 29.5. The summed E-state index contributed by atoms with van der Waals surface area (Å²) in [5, 5.41) is 18.3. The van der Waals surface area contributed by atoms with Crippen molar-refractivity contribution in [2.45, 2.75) is 109 Å². The van der Waals surface area contributed by atoms with E-state index < -0.39 is 23.3 Å². The molecular weight excluding hydrogens is 823 g/mol. The fourth-order valence-corrected chi connectivity index (χ4v) is 7.60. The van der Waals surface area contributed by atoms with Gasteiger partial charge in [-0.25, -0.2) is 15.1 Å². The van der Waals surface area contributed by atoms with Crippen LogP contribution in [-0.2, 0) is 38.0 Å². The van der Waals surface area contributed by atoms with E-state index >= 15 is 0 Å². The highest BCUT2D eigenvalue weighted by Crippen LogP contribution is 2.33. The molecule has 0 bridgehead atoms. The van der Waals surface area contributed by atoms with Gasteiger partial charge in [0.25, 0.3) is 0 Å². The van der Waals surface area contributed by atoms with Gasteiger partial charge in [-0.2, -0.15) is 16.9 Å². The zero-order valence-electron chi connectivity index (χ0n) is 36.9. The second kappa shape index (κ2) is 27.3. The zero-order chi connectivity index (χ0) is 45.4. The van der Waals surface area contributed by atoms with Gasteiger partial charge in [0.2, 0.25) is 5.91 Å². The Kier molecular flexibility index (Phi) is 22.8. The highest BCUT2D eigenvalue weighted by molar-refractivity contribution is 8.00. The molecule has 62 heavy (non-hydrogen) atoms. The van der Waals surface area contributed by atoms with E-state index in [4.69, 9.17) is 34.0 Å². The third-order valence-electron chi connectivity index (χ3n) is 8.78. The number of ketones is 1. The van der Waals surface area contributed by atoms with Gasteiger partial charge in [0.1, 0.15) is 23.5 Å². The Morgan fingerprint density at radius 2 is 1.58 bits per heavy atom. The maximum absolute atomic E-state index is 13.2. The van der Waals surface area contributed by atoms with Crippen molar-refractivity contribution in [3.63, 3.8) is 0 Å². The monoisotopic (exact) mass is 887 g/mol. The number of nitrogens with one attached hydrogen (secondary N) is 6. The second-order valence-corrected chi connectivity index (χ2v) is 17.7. The maximum atomic E-state index is 13.2. The first kappa shape index (κ1) is 51.6. The molecule has 3 atom stereocenters. The molecule has 2 saturated heterocycles. The van der Waals surface area contributed by atoms with Crippen LogP contribution in [0, 0.1) is 17.4 Å². The summed E-state index contributed by atoms with van der Waals surface area (Å²) in [6.45, 7) is 13.8. The van der Waals surface area contributed by atoms with Crippen molar-refractivity contribution in [2.24, 2.45) is 5.11 Å². The van der Waals surface area contributed by atoms with Crippen LogP contribution in [0.1, 0.15) is 96.0 Å². The number of carbonyl (C=O) groups is 5. The summed E-state index contributed by atoms with van der Waals surface area (Å²) in [5.74, 6) is 5.87. The molecule has 0 aliphatic carbocycles. The van der Waals surface area contributed by atoms with Gasteiger partial charge >= 0.3 is 18.1 Å². The predicted molar refractivity (Wildman–Crippen MR) is 234 cm³/mol. The van der Waals surface area contributed by atoms with Gasteiger partial charge in [-0.15, -0.1) is 0 Å². The van der Waals surface area contributed by atoms with E-state index in [9.17, 15) is 24.0 Å². The number of amides is 4. The molecule has 2 fully saturated rings. The fourth-order valence-electron chi connectivity index (χ4n) is 6.06. The number of hydrogen-bond acceptors (Lipinski definition) is 15. The summed E-state index contributed by atoms with van der Waals surface area (Å²) in [6, 6.07) is 5.07. The SMILES string of the molecule is CC(C)(C)OC(=O)CCC(=O)c1cc(C#CCOC/C(=C/NCCOCCOCCOCCNC(=O)CCCC[C@@H]2SCC3NC(=O)N[C@@H]32)N=N)ccc1NC(=O)OC(C)(C)C. The van der Waals surface area contributed by atoms with Gasteiger partial charge < -0.3 is 49.7 Å². The normalized spacial score (nSPS) is 17.2. The number of Topliss-reactive ketones (excluding diaryl/α,β-unsaturated/α-hetero) is 1. The van der Waals surface area contributed by atoms with Crippen LogP contribution in [0.15, 0.2) is 35.2 Å². The third-order valence-corrected chi connectivity index (χ3v) is 10.3. The molecule has 2 aliphatic heterocycles. The minimum atomic E-state index is -0.749. The van der Waals surface area contributed by atoms with E-state index in [2.05, 4.69) is 43.5 Å². The lowest BCUT2D eigenvalue weighted by Gasteiger charge is -2.20. The van der Waals surface area contributed by atoms with Gasteiger partial charge in [-0.3, -0.25) is 19.7 Å². The summed E-state index contributed by atoms with van der Waals surface area (Å²) < 4.78 is 32.8. The summed E-state index contributed by atoms with van der Waals surface area (Å²) in [7, 11) is 0. The highest BCUT2D eigenvalue weighted by atomic mass is 32.2. The average molecular weight is 888 g/mol. The van der Waals surface area contributed by atoms with Crippen LogP contribution in [-0.4, -0.2) is 130 Å². The van der Waals surface area contributed by atoms with Crippen molar-refractivity contribution in [1.29, 1.82) is 5.53 Å². The predicted octanol–water partition coefficient (Wildman–Crippen LogP) is 5.06. The molecule has 0 spiro atoms. The van der Waals surface area contributed by atoms with Gasteiger partial charge in [0.15, 0.2) is 5.78 Å². The third kappa shape index (κ3) is 21.9. The number of rotatable bonds is 27. The smallest absolute Gasteiger partial charge is 0.412 e. The Bertz CT molecular complexity index is 1740. The molecular formula is C43H65N7O11S. The van der Waals surface area contributed by atoms with Crippen molar-refractivity contribution < 1.29 is 52.4 Å². The number of ether oxygens (including phenoxy) is 6. The first-order valence-electron chi connectivity index (χ1n) is 21.0. The summed E-state index contributed by atoms with van der Waals surface area (Å²) in [4.78, 5) is 61.5. The van der Waals surface area contributed by atoms with Gasteiger partial charge in [-0.1, -0.05) is 18.3 Å². The number of thioether (sulfide) groups is 1. The van der Waals surface area contributed by atoms with Gasteiger partial charge in [0, 0.05) is 54.3 Å². The van der Waals surface area contributed by atoms with Crippen molar-refractivity contribution in [2.75, 3.05) is 77.0 Å². The molecule has 0 radical (unpaired) electrons. The number of esters is 1. The van der Waals surface area contributed by atoms with Gasteiger partial charge in [0.05, 0.1) is 70.4 Å². The van der Waals surface area contributed by atoms with Crippen molar-refractivity contribution in [1.82, 2.24) is 21.3 Å². The topological polar surface area (TPSA) is 237 Å². The van der Waals surface area contributed by atoms with Crippen LogP contribution in [0.3, 0.4) is 0 Å². The largest absolute Gasteiger partial charge is 0.460 e. The summed E-state index contributed by atoms with van der Waals surface area (Å²) >= 11 is 1.88. The van der Waals surface area contributed by atoms with Crippen LogP contribution in [0.5, 0.6) is 0 Å². The molecule has 2 heterocycles. The van der Waals surface area contributed by atoms with Crippen LogP contribution in [0.4, 0.5) is 15.3 Å². The Labute approximate surface area is 369 Å². The molecule has 1 unspecified atom stereocenters. The average Bonchev–Trinajstić information content (AvgIpc) is 3.75. The van der Waals surface area contributed by atoms with Crippen molar-refractivity contribution in [3.05, 3.63) is 41.2 Å². The molecule has 4 amide bonds. The van der Waals surface area contributed by atoms with E-state index in [1.165, 1.54) is 6.07 Å². The van der Waals surface area contributed by atoms with Crippen molar-refractivity contribution >= 4 is 47.2 Å². The molecule has 6 N–H and O–H groups in total. The Morgan fingerprint density at radius 3 is 2.27 bits per heavy atom. The van der Waals surface area contributed by atoms with Crippen LogP contribution in [0.2, 0.25) is 0 Å². The lowest BCUT2D eigenvalue weighted by atomic mass is 10.0. The molecule has 1 aromatic rings. The summed E-state index contributed by atoms with van der Waals surface area (Å²) in [5.41, 5.74) is 7.22. The molecule has 1 aromatic carbocycles. The Hall–Kier alpha value is -4.74. The number of nitrogens with zero attached hydrogens (tertiary/aromatic N) is 1. The van der Waals surface area contributed by atoms with Crippen LogP contribution < -0.4 is 26.6 Å². The number of hydrogen-bond donors (Lipinski definition) is 6. The van der Waals surface area contributed by atoms with Gasteiger partial charge in [-0.05, 0) is 72.6 Å². The Balaban J connectivity index is 1.22. The van der Waals surface area contributed by atoms with E-state index in [1.807, 2.05) is 11.8 Å². The number of carbonyl (C=O) groups excluding carboxylic acids is 5. The standard InChI is InChI=1S/C43H65N7O11S/c1-42(2,3)60-38(53)16-15-35(51)32-26-30(13-14-33(32)48-41(55)61-43(4,5)6)10-9-19-59-28-31(50-44)27-45-17-20-56-22-24-58-25-23-57-21-18-46-37(52)12-8-7-11-36-39-34(29-62-36)47-40(54)49-39/h13-14,26-27,34,36,39,44-45H,7-8,11-12,15-25,28-29H2,1-6H3,(H,46,52)(H,48,55)(H2,47,49,54)/b31-27-,50-44?/t34?,36-,39-/m0/s1. The number of benzene rings is 1. The molecule has 2 aliphatic rings. The second-order valence-electron chi connectivity index (χ2n) is 16.4. The van der Waals surface area contributed by atoms with Crippen molar-refractivity contribution in [3.8, 4) is 11.8 Å². The minimum Gasteiger partial charge on any atom is -0.460 e. The first-order valence-corrected chi connectivity index (χ1v) is 22.0. The maximum Gasteiger partial charge on any atom is 0.412 e. The van der Waals surface area contributed by atoms with E-state index in [1.54, 1.807) is 59.9 Å². The molecule has 3 rings (SSSR count). The molecule has 0 aromatic heterocycles. The number of urea groups is 1. The molecule has 344 valence electrons. The number of anilines is 1. The van der Waals surface area contributed by atoms with E-state index in [-0.39, 0.29) is 67.1 Å². The molecule has 18 nitrogen and oxygen atoms in total. The lowest BCUT2D eigenvalue weighted by Crippen LogP contribution is -2.36. The zero-order valence-corrected chi connectivity index (χ0v) is 37.7. The van der Waals surface area contributed by atoms with Crippen LogP contribution in [0.25, 0.3) is 0 Å². The fraction of sp³-hybridized carbons (Fsp3) is 0.651. The highest BCUT2D eigenvalue weighted by Gasteiger charge is 2.42. The Morgan fingerprint density at radius 1 is 0.887 bits per heavy atom.